The second-order valence-corrected chi connectivity index (χ2v) is 4.11. The van der Waals surface area contributed by atoms with Gasteiger partial charge in [-0.2, -0.15) is 13.2 Å². The van der Waals surface area contributed by atoms with E-state index in [1.807, 2.05) is 6.92 Å². The van der Waals surface area contributed by atoms with E-state index in [1.54, 1.807) is 6.07 Å². The number of nitrogens with zero attached hydrogens (tertiary/aromatic N) is 1. The summed E-state index contributed by atoms with van der Waals surface area (Å²) >= 11 is 0. The van der Waals surface area contributed by atoms with Crippen LogP contribution in [0, 0.1) is 5.92 Å². The summed E-state index contributed by atoms with van der Waals surface area (Å²) < 4.78 is 37.2. The average molecular weight is 231 g/mol. The van der Waals surface area contributed by atoms with E-state index in [9.17, 15) is 13.2 Å². The van der Waals surface area contributed by atoms with Crippen LogP contribution in [0.5, 0.6) is 0 Å². The summed E-state index contributed by atoms with van der Waals surface area (Å²) in [7, 11) is 0. The van der Waals surface area contributed by atoms with Crippen LogP contribution in [0.2, 0.25) is 0 Å². The summed E-state index contributed by atoms with van der Waals surface area (Å²) in [6.45, 7) is 4.10. The standard InChI is InChI=1S/C12H16F3N/c1-3-5-9(2)8-10-6-4-7-11(16-10)12(13,14)15/h4,6-7,9H,3,5,8H2,1-2H3. The van der Waals surface area contributed by atoms with Crippen LogP contribution < -0.4 is 0 Å². The first-order chi connectivity index (χ1) is 7.43. The van der Waals surface area contributed by atoms with E-state index in [-0.39, 0.29) is 0 Å². The van der Waals surface area contributed by atoms with E-state index in [0.717, 1.165) is 18.9 Å². The van der Waals surface area contributed by atoms with Gasteiger partial charge in [0.25, 0.3) is 0 Å². The Hall–Kier alpha value is -1.06. The maximum atomic E-state index is 12.4. The Morgan fingerprint density at radius 1 is 1.31 bits per heavy atom. The van der Waals surface area contributed by atoms with Crippen LogP contribution in [0.25, 0.3) is 0 Å². The molecule has 1 aromatic rings. The van der Waals surface area contributed by atoms with Gasteiger partial charge in [-0.15, -0.1) is 0 Å². The molecule has 0 aliphatic rings. The van der Waals surface area contributed by atoms with E-state index in [2.05, 4.69) is 11.9 Å². The molecule has 0 aliphatic heterocycles. The molecule has 1 nitrogen and oxygen atoms in total. The number of alkyl halides is 3. The van der Waals surface area contributed by atoms with Gasteiger partial charge in [-0.05, 0) is 24.5 Å². The lowest BCUT2D eigenvalue weighted by Gasteiger charge is -2.11. The third-order valence-electron chi connectivity index (χ3n) is 2.44. The van der Waals surface area contributed by atoms with Gasteiger partial charge in [0.1, 0.15) is 5.69 Å². The Labute approximate surface area is 93.7 Å². The number of aromatic nitrogens is 1. The highest BCUT2D eigenvalue weighted by molar-refractivity contribution is 5.14. The number of rotatable bonds is 4. The molecule has 0 saturated carbocycles. The zero-order chi connectivity index (χ0) is 12.2. The minimum absolute atomic E-state index is 0.376. The second kappa shape index (κ2) is 5.32. The van der Waals surface area contributed by atoms with Gasteiger partial charge in [0.05, 0.1) is 0 Å². The van der Waals surface area contributed by atoms with Crippen LogP contribution in [-0.4, -0.2) is 4.98 Å². The van der Waals surface area contributed by atoms with Crippen LogP contribution in [0.1, 0.15) is 38.1 Å². The first-order valence-electron chi connectivity index (χ1n) is 5.46. The molecule has 1 atom stereocenters. The molecule has 1 unspecified atom stereocenters. The molecule has 16 heavy (non-hydrogen) atoms. The minimum Gasteiger partial charge on any atom is -0.248 e. The van der Waals surface area contributed by atoms with E-state index >= 15 is 0 Å². The summed E-state index contributed by atoms with van der Waals surface area (Å²) in [4.78, 5) is 3.64. The van der Waals surface area contributed by atoms with Crippen molar-refractivity contribution in [2.75, 3.05) is 0 Å². The van der Waals surface area contributed by atoms with E-state index in [4.69, 9.17) is 0 Å². The molecular formula is C12H16F3N. The number of hydrogen-bond acceptors (Lipinski definition) is 1. The molecular weight excluding hydrogens is 215 g/mol. The third kappa shape index (κ3) is 3.83. The number of hydrogen-bond donors (Lipinski definition) is 0. The summed E-state index contributed by atoms with van der Waals surface area (Å²) in [5.74, 6) is 0.376. The van der Waals surface area contributed by atoms with Gasteiger partial charge in [0.2, 0.25) is 0 Å². The Balaban J connectivity index is 2.75. The Kier molecular flexibility index (Phi) is 4.33. The molecule has 0 amide bonds. The molecule has 4 heteroatoms. The van der Waals surface area contributed by atoms with Crippen molar-refractivity contribution < 1.29 is 13.2 Å². The molecule has 0 radical (unpaired) electrons. The Morgan fingerprint density at radius 3 is 2.56 bits per heavy atom. The molecule has 0 fully saturated rings. The van der Waals surface area contributed by atoms with Crippen LogP contribution >= 0.6 is 0 Å². The highest BCUT2D eigenvalue weighted by Gasteiger charge is 2.32. The Bertz CT molecular complexity index is 333. The second-order valence-electron chi connectivity index (χ2n) is 4.11. The third-order valence-corrected chi connectivity index (χ3v) is 2.44. The molecule has 0 spiro atoms. The highest BCUT2D eigenvalue weighted by Crippen LogP contribution is 2.27. The molecule has 0 aliphatic carbocycles. The van der Waals surface area contributed by atoms with Crippen LogP contribution in [-0.2, 0) is 12.6 Å². The lowest BCUT2D eigenvalue weighted by molar-refractivity contribution is -0.141. The quantitative estimate of drug-likeness (QED) is 0.760. The lowest BCUT2D eigenvalue weighted by Crippen LogP contribution is -2.10. The fourth-order valence-electron chi connectivity index (χ4n) is 1.70. The fourth-order valence-corrected chi connectivity index (χ4v) is 1.70. The number of halogens is 3. The monoisotopic (exact) mass is 231 g/mol. The topological polar surface area (TPSA) is 12.9 Å². The predicted octanol–water partition coefficient (Wildman–Crippen LogP) is 4.08. The van der Waals surface area contributed by atoms with Crippen LogP contribution in [0.3, 0.4) is 0 Å². The van der Waals surface area contributed by atoms with Gasteiger partial charge in [-0.3, -0.25) is 0 Å². The molecule has 1 aromatic heterocycles. The van der Waals surface area contributed by atoms with Gasteiger partial charge >= 0.3 is 6.18 Å². The maximum Gasteiger partial charge on any atom is 0.433 e. The predicted molar refractivity (Wildman–Crippen MR) is 57.0 cm³/mol. The van der Waals surface area contributed by atoms with Crippen LogP contribution in [0.4, 0.5) is 13.2 Å². The van der Waals surface area contributed by atoms with Crippen LogP contribution in [0.15, 0.2) is 18.2 Å². The van der Waals surface area contributed by atoms with Gasteiger partial charge < -0.3 is 0 Å². The maximum absolute atomic E-state index is 12.4. The SMILES string of the molecule is CCCC(C)Cc1cccc(C(F)(F)F)n1. The van der Waals surface area contributed by atoms with E-state index in [1.165, 1.54) is 6.07 Å². The summed E-state index contributed by atoms with van der Waals surface area (Å²) in [6.07, 6.45) is -1.68. The van der Waals surface area contributed by atoms with E-state index < -0.39 is 11.9 Å². The molecule has 0 saturated heterocycles. The molecule has 0 aromatic carbocycles. The van der Waals surface area contributed by atoms with Crippen molar-refractivity contribution in [1.29, 1.82) is 0 Å². The summed E-state index contributed by atoms with van der Waals surface area (Å²) in [5.41, 5.74) is -0.274. The zero-order valence-electron chi connectivity index (χ0n) is 9.51. The average Bonchev–Trinajstić information content (AvgIpc) is 2.17. The minimum atomic E-state index is -4.34. The summed E-state index contributed by atoms with van der Waals surface area (Å²) in [5, 5.41) is 0. The van der Waals surface area contributed by atoms with Crippen molar-refractivity contribution >= 4 is 0 Å². The van der Waals surface area contributed by atoms with Gasteiger partial charge in [-0.25, -0.2) is 4.98 Å². The van der Waals surface area contributed by atoms with Gasteiger partial charge in [0, 0.05) is 5.69 Å². The molecule has 1 heterocycles. The molecule has 1 rings (SSSR count). The van der Waals surface area contributed by atoms with Gasteiger partial charge in [0.15, 0.2) is 0 Å². The van der Waals surface area contributed by atoms with Crippen molar-refractivity contribution in [3.05, 3.63) is 29.6 Å². The molecule has 90 valence electrons. The first kappa shape index (κ1) is 13.0. The lowest BCUT2D eigenvalue weighted by atomic mass is 10.00. The number of pyridine rings is 1. The van der Waals surface area contributed by atoms with Crippen molar-refractivity contribution in [3.8, 4) is 0 Å². The smallest absolute Gasteiger partial charge is 0.248 e. The summed E-state index contributed by atoms with van der Waals surface area (Å²) in [6, 6.07) is 4.08. The van der Waals surface area contributed by atoms with E-state index in [0.29, 0.717) is 18.0 Å². The van der Waals surface area contributed by atoms with Crippen molar-refractivity contribution in [3.63, 3.8) is 0 Å². The highest BCUT2D eigenvalue weighted by atomic mass is 19.4. The molecule has 0 bridgehead atoms. The first-order valence-corrected chi connectivity index (χ1v) is 5.46. The zero-order valence-corrected chi connectivity index (χ0v) is 9.51. The Morgan fingerprint density at radius 2 is 2.00 bits per heavy atom. The normalized spacial score (nSPS) is 13.8. The van der Waals surface area contributed by atoms with Crippen molar-refractivity contribution in [2.45, 2.75) is 39.3 Å². The molecule has 0 N–H and O–H groups in total. The fraction of sp³-hybridized carbons (Fsp3) is 0.583. The van der Waals surface area contributed by atoms with Crippen molar-refractivity contribution in [1.82, 2.24) is 4.98 Å². The van der Waals surface area contributed by atoms with Gasteiger partial charge in [-0.1, -0.05) is 32.8 Å². The largest absolute Gasteiger partial charge is 0.433 e. The van der Waals surface area contributed by atoms with Crippen molar-refractivity contribution in [2.24, 2.45) is 5.92 Å².